The lowest BCUT2D eigenvalue weighted by molar-refractivity contribution is -0.114. The third kappa shape index (κ3) is 5.24. The van der Waals surface area contributed by atoms with Gasteiger partial charge in [0.1, 0.15) is 5.84 Å². The second-order valence-corrected chi connectivity index (χ2v) is 8.73. The predicted molar refractivity (Wildman–Crippen MR) is 120 cm³/mol. The van der Waals surface area contributed by atoms with Crippen molar-refractivity contribution in [3.05, 3.63) is 78.4 Å². The number of nitrogens with one attached hydrogen (secondary N) is 3. The number of anilines is 2. The number of sulfone groups is 1. The topological polar surface area (TPSA) is 125 Å². The lowest BCUT2D eigenvalue weighted by Crippen LogP contribution is -2.22. The minimum Gasteiger partial charge on any atom is -0.384 e. The quantitative estimate of drug-likeness (QED) is 0.344. The number of amidine groups is 1. The maximum atomic E-state index is 12.2. The van der Waals surface area contributed by atoms with E-state index in [2.05, 4.69) is 10.6 Å². The van der Waals surface area contributed by atoms with E-state index in [1.165, 1.54) is 6.26 Å². The van der Waals surface area contributed by atoms with Crippen molar-refractivity contribution < 1.29 is 13.2 Å². The van der Waals surface area contributed by atoms with Crippen molar-refractivity contribution >= 4 is 33.0 Å². The number of hydrogen-bond donors (Lipinski definition) is 4. The molecule has 0 radical (unpaired) electrons. The van der Waals surface area contributed by atoms with Crippen LogP contribution in [-0.4, -0.2) is 33.0 Å². The summed E-state index contributed by atoms with van der Waals surface area (Å²) in [5, 5.41) is 13.2. The summed E-state index contributed by atoms with van der Waals surface area (Å²) in [6.07, 6.45) is 1.18. The van der Waals surface area contributed by atoms with Crippen LogP contribution in [0.3, 0.4) is 0 Å². The fraction of sp³-hybridized carbons (Fsp3) is 0.0909. The molecule has 0 spiro atoms. The normalized spacial score (nSPS) is 11.0. The van der Waals surface area contributed by atoms with Gasteiger partial charge in [0.25, 0.3) is 0 Å². The van der Waals surface area contributed by atoms with Crippen LogP contribution in [0.5, 0.6) is 0 Å². The number of rotatable bonds is 7. The van der Waals surface area contributed by atoms with E-state index in [0.29, 0.717) is 22.5 Å². The van der Waals surface area contributed by atoms with Gasteiger partial charge in [-0.25, -0.2) is 8.42 Å². The molecule has 0 bridgehead atoms. The van der Waals surface area contributed by atoms with Crippen molar-refractivity contribution in [2.75, 3.05) is 23.4 Å². The molecule has 0 atom stereocenters. The molecule has 7 nitrogen and oxygen atoms in total. The van der Waals surface area contributed by atoms with Gasteiger partial charge in [-0.15, -0.1) is 0 Å². The Morgan fingerprint density at radius 2 is 1.67 bits per heavy atom. The molecule has 154 valence electrons. The Morgan fingerprint density at radius 3 is 2.33 bits per heavy atom. The van der Waals surface area contributed by atoms with Crippen LogP contribution in [0.4, 0.5) is 11.4 Å². The molecule has 0 aromatic heterocycles. The highest BCUT2D eigenvalue weighted by Gasteiger charge is 2.14. The van der Waals surface area contributed by atoms with Crippen LogP contribution in [0.15, 0.2) is 77.7 Å². The van der Waals surface area contributed by atoms with Crippen LogP contribution >= 0.6 is 0 Å². The number of carbonyl (C=O) groups excluding carboxylic acids is 1. The highest BCUT2D eigenvalue weighted by atomic mass is 32.2. The SMILES string of the molecule is CS(=O)(=O)c1ccccc1-c1ccc(NC(=O)CNc2cccc(C(=N)N)c2)cc1. The van der Waals surface area contributed by atoms with Crippen LogP contribution < -0.4 is 16.4 Å². The predicted octanol–water partition coefficient (Wildman–Crippen LogP) is 3.09. The average molecular weight is 423 g/mol. The van der Waals surface area contributed by atoms with Gasteiger partial charge in [0, 0.05) is 28.8 Å². The summed E-state index contributed by atoms with van der Waals surface area (Å²) in [7, 11) is -3.35. The lowest BCUT2D eigenvalue weighted by atomic mass is 10.1. The van der Waals surface area contributed by atoms with Gasteiger partial charge in [0.2, 0.25) is 5.91 Å². The Bertz CT molecular complexity index is 1190. The summed E-state index contributed by atoms with van der Waals surface area (Å²) in [5.74, 6) is -0.284. The fourth-order valence-electron chi connectivity index (χ4n) is 2.95. The summed E-state index contributed by atoms with van der Waals surface area (Å²) in [4.78, 5) is 12.5. The van der Waals surface area contributed by atoms with Crippen molar-refractivity contribution in [3.8, 4) is 11.1 Å². The van der Waals surface area contributed by atoms with Gasteiger partial charge < -0.3 is 16.4 Å². The van der Waals surface area contributed by atoms with E-state index < -0.39 is 9.84 Å². The Kier molecular flexibility index (Phi) is 6.17. The zero-order valence-corrected chi connectivity index (χ0v) is 17.2. The van der Waals surface area contributed by atoms with E-state index in [4.69, 9.17) is 11.1 Å². The molecule has 0 aliphatic rings. The van der Waals surface area contributed by atoms with E-state index in [0.717, 1.165) is 5.56 Å². The van der Waals surface area contributed by atoms with Gasteiger partial charge in [-0.2, -0.15) is 0 Å². The first-order chi connectivity index (χ1) is 14.2. The molecule has 0 aliphatic heterocycles. The molecule has 3 aromatic rings. The van der Waals surface area contributed by atoms with Gasteiger partial charge in [-0.05, 0) is 35.9 Å². The molecule has 1 amide bonds. The summed E-state index contributed by atoms with van der Waals surface area (Å²) in [5.41, 5.74) is 8.69. The first-order valence-corrected chi connectivity index (χ1v) is 11.0. The molecular formula is C22H22N4O3S. The third-order valence-electron chi connectivity index (χ3n) is 4.39. The monoisotopic (exact) mass is 422 g/mol. The lowest BCUT2D eigenvalue weighted by Gasteiger charge is -2.11. The number of carbonyl (C=O) groups is 1. The number of hydrogen-bond acceptors (Lipinski definition) is 5. The Hall–Kier alpha value is -3.65. The number of benzene rings is 3. The minimum atomic E-state index is -3.35. The summed E-state index contributed by atoms with van der Waals surface area (Å²) < 4.78 is 24.0. The van der Waals surface area contributed by atoms with Gasteiger partial charge in [-0.3, -0.25) is 10.2 Å². The highest BCUT2D eigenvalue weighted by molar-refractivity contribution is 7.90. The molecule has 8 heteroatoms. The van der Waals surface area contributed by atoms with Crippen molar-refractivity contribution in [1.82, 2.24) is 0 Å². The number of nitrogen functional groups attached to an aromatic ring is 1. The molecule has 0 unspecified atom stereocenters. The summed E-state index contributed by atoms with van der Waals surface area (Å²) >= 11 is 0. The van der Waals surface area contributed by atoms with Crippen LogP contribution in [0, 0.1) is 5.41 Å². The summed E-state index contributed by atoms with van der Waals surface area (Å²) in [6, 6.07) is 20.7. The van der Waals surface area contributed by atoms with Crippen molar-refractivity contribution in [3.63, 3.8) is 0 Å². The number of amides is 1. The Balaban J connectivity index is 1.66. The van der Waals surface area contributed by atoms with Gasteiger partial charge >= 0.3 is 0 Å². The first-order valence-electron chi connectivity index (χ1n) is 9.12. The summed E-state index contributed by atoms with van der Waals surface area (Å²) in [6.45, 7) is 0.0417. The van der Waals surface area contributed by atoms with Crippen molar-refractivity contribution in [2.24, 2.45) is 5.73 Å². The molecule has 3 aromatic carbocycles. The van der Waals surface area contributed by atoms with Crippen molar-refractivity contribution in [1.29, 1.82) is 5.41 Å². The van der Waals surface area contributed by atoms with Crippen LogP contribution in [0.2, 0.25) is 0 Å². The first kappa shape index (κ1) is 21.1. The second kappa shape index (κ2) is 8.79. The van der Waals surface area contributed by atoms with E-state index in [1.807, 2.05) is 0 Å². The highest BCUT2D eigenvalue weighted by Crippen LogP contribution is 2.28. The molecule has 0 fully saturated rings. The molecule has 30 heavy (non-hydrogen) atoms. The maximum Gasteiger partial charge on any atom is 0.243 e. The van der Waals surface area contributed by atoms with E-state index >= 15 is 0 Å². The molecule has 0 saturated carbocycles. The smallest absolute Gasteiger partial charge is 0.243 e. The zero-order chi connectivity index (χ0) is 21.7. The molecular weight excluding hydrogens is 400 g/mol. The standard InChI is InChI=1S/C22H22N4O3S/c1-30(28,29)20-8-3-2-7-19(20)15-9-11-17(12-10-15)26-21(27)14-25-18-6-4-5-16(13-18)22(23)24/h2-13,25H,14H2,1H3,(H3,23,24)(H,26,27). The Labute approximate surface area is 175 Å². The third-order valence-corrected chi connectivity index (χ3v) is 5.55. The van der Waals surface area contributed by atoms with Gasteiger partial charge in [0.05, 0.1) is 11.4 Å². The minimum absolute atomic E-state index is 0.0411. The van der Waals surface area contributed by atoms with Crippen molar-refractivity contribution in [2.45, 2.75) is 4.90 Å². The largest absolute Gasteiger partial charge is 0.384 e. The van der Waals surface area contributed by atoms with E-state index in [1.54, 1.807) is 72.8 Å². The average Bonchev–Trinajstić information content (AvgIpc) is 2.72. The molecule has 0 aliphatic carbocycles. The molecule has 5 N–H and O–H groups in total. The maximum absolute atomic E-state index is 12.2. The molecule has 3 rings (SSSR count). The van der Waals surface area contributed by atoms with Crippen LogP contribution in [-0.2, 0) is 14.6 Å². The Morgan fingerprint density at radius 1 is 0.967 bits per heavy atom. The molecule has 0 heterocycles. The van der Waals surface area contributed by atoms with Gasteiger partial charge in [-0.1, -0.05) is 42.5 Å². The van der Waals surface area contributed by atoms with Crippen LogP contribution in [0.25, 0.3) is 11.1 Å². The second-order valence-electron chi connectivity index (χ2n) is 6.74. The van der Waals surface area contributed by atoms with Gasteiger partial charge in [0.15, 0.2) is 9.84 Å². The van der Waals surface area contributed by atoms with Crippen LogP contribution in [0.1, 0.15) is 5.56 Å². The fourth-order valence-corrected chi connectivity index (χ4v) is 3.86. The zero-order valence-electron chi connectivity index (χ0n) is 16.3. The van der Waals surface area contributed by atoms with E-state index in [-0.39, 0.29) is 23.2 Å². The molecule has 0 saturated heterocycles. The van der Waals surface area contributed by atoms with E-state index in [9.17, 15) is 13.2 Å². The number of nitrogens with two attached hydrogens (primary N) is 1.